The first kappa shape index (κ1) is 26.5. The predicted molar refractivity (Wildman–Crippen MR) is 110 cm³/mol. The molecule has 0 saturated carbocycles. The third-order valence-electron chi connectivity index (χ3n) is 4.39. The number of hydrogen-bond donors (Lipinski definition) is 8. The monoisotopic (exact) mass is 455 g/mol. The molecule has 3 amide bonds. The number of unbranched alkanes of at least 4 members (excludes halogenated alkanes) is 1. The minimum absolute atomic E-state index is 0.0860. The second-order valence-electron chi connectivity index (χ2n) is 6.95. The van der Waals surface area contributed by atoms with Crippen molar-refractivity contribution in [3.8, 4) is 0 Å². The largest absolute Gasteiger partial charge is 0.481 e. The first-order chi connectivity index (χ1) is 15.2. The lowest BCUT2D eigenvalue weighted by Gasteiger charge is -2.24. The first-order valence-electron chi connectivity index (χ1n) is 9.90. The smallest absolute Gasteiger partial charge is 0.326 e. The third kappa shape index (κ3) is 9.53. The highest BCUT2D eigenvalue weighted by Gasteiger charge is 2.30. The van der Waals surface area contributed by atoms with Gasteiger partial charge in [0.05, 0.1) is 19.3 Å². The van der Waals surface area contributed by atoms with Crippen molar-refractivity contribution in [2.24, 2.45) is 11.5 Å². The maximum absolute atomic E-state index is 12.8. The van der Waals surface area contributed by atoms with Crippen LogP contribution in [0.4, 0.5) is 0 Å². The molecule has 3 atom stereocenters. The number of carboxylic acids is 2. The summed E-state index contributed by atoms with van der Waals surface area (Å²) in [7, 11) is 0. The van der Waals surface area contributed by atoms with Crippen molar-refractivity contribution in [2.45, 2.75) is 50.2 Å². The molecular formula is C18H29N7O7. The molecule has 0 aliphatic rings. The van der Waals surface area contributed by atoms with Crippen molar-refractivity contribution in [3.05, 3.63) is 18.2 Å². The van der Waals surface area contributed by atoms with E-state index in [9.17, 15) is 29.1 Å². The molecular weight excluding hydrogens is 426 g/mol. The number of nitrogens with one attached hydrogen (secondary N) is 4. The molecule has 1 aromatic heterocycles. The van der Waals surface area contributed by atoms with Crippen molar-refractivity contribution < 1.29 is 34.2 Å². The zero-order valence-electron chi connectivity index (χ0n) is 17.4. The molecule has 0 radical (unpaired) electrons. The van der Waals surface area contributed by atoms with E-state index in [2.05, 4.69) is 25.9 Å². The van der Waals surface area contributed by atoms with Gasteiger partial charge >= 0.3 is 11.9 Å². The number of carbonyl (C=O) groups is 5. The standard InChI is InChI=1S/C18H29N7O7/c19-4-2-1-3-11(23-14(26)7-20)16(29)24-12(5-10-8-21-9-22-10)17(30)25-13(18(31)32)6-15(27)28/h8-9,11-13H,1-7,19-20H2,(H,21,22)(H,23,26)(H,24,29)(H,25,30)(H,27,28)(H,31,32). The van der Waals surface area contributed by atoms with E-state index in [1.807, 2.05) is 0 Å². The Morgan fingerprint density at radius 2 is 1.62 bits per heavy atom. The number of amides is 3. The van der Waals surface area contributed by atoms with Crippen molar-refractivity contribution in [3.63, 3.8) is 0 Å². The summed E-state index contributed by atoms with van der Waals surface area (Å²) in [4.78, 5) is 66.0. The summed E-state index contributed by atoms with van der Waals surface area (Å²) in [5, 5.41) is 25.1. The zero-order valence-corrected chi connectivity index (χ0v) is 17.4. The van der Waals surface area contributed by atoms with Crippen LogP contribution in [-0.4, -0.2) is 81.1 Å². The van der Waals surface area contributed by atoms with Gasteiger partial charge in [-0.3, -0.25) is 19.2 Å². The Bertz CT molecular complexity index is 785. The van der Waals surface area contributed by atoms with Gasteiger partial charge in [0.2, 0.25) is 17.7 Å². The van der Waals surface area contributed by atoms with E-state index >= 15 is 0 Å². The summed E-state index contributed by atoms with van der Waals surface area (Å²) >= 11 is 0. The van der Waals surface area contributed by atoms with Gasteiger partial charge in [-0.2, -0.15) is 0 Å². The maximum atomic E-state index is 12.8. The van der Waals surface area contributed by atoms with E-state index < -0.39 is 54.2 Å². The number of aromatic amines is 1. The van der Waals surface area contributed by atoms with E-state index in [1.54, 1.807) is 0 Å². The molecule has 10 N–H and O–H groups in total. The Balaban J connectivity index is 3.00. The Labute approximate surface area is 183 Å². The zero-order chi connectivity index (χ0) is 24.1. The summed E-state index contributed by atoms with van der Waals surface area (Å²) < 4.78 is 0. The van der Waals surface area contributed by atoms with Gasteiger partial charge in [0.15, 0.2) is 0 Å². The average molecular weight is 455 g/mol. The molecule has 0 aliphatic carbocycles. The summed E-state index contributed by atoms with van der Waals surface area (Å²) in [6.07, 6.45) is 3.20. The lowest BCUT2D eigenvalue weighted by atomic mass is 10.1. The quantitative estimate of drug-likeness (QED) is 0.125. The third-order valence-corrected chi connectivity index (χ3v) is 4.39. The molecule has 0 bridgehead atoms. The van der Waals surface area contributed by atoms with Gasteiger partial charge < -0.3 is 42.6 Å². The predicted octanol–water partition coefficient (Wildman–Crippen LogP) is -2.95. The second-order valence-corrected chi connectivity index (χ2v) is 6.95. The highest BCUT2D eigenvalue weighted by atomic mass is 16.4. The fourth-order valence-corrected chi connectivity index (χ4v) is 2.76. The van der Waals surface area contributed by atoms with Crippen LogP contribution in [-0.2, 0) is 30.4 Å². The number of imidazole rings is 1. The van der Waals surface area contributed by atoms with Crippen LogP contribution in [0.15, 0.2) is 12.5 Å². The van der Waals surface area contributed by atoms with Gasteiger partial charge in [-0.05, 0) is 25.8 Å². The molecule has 0 spiro atoms. The summed E-state index contributed by atoms with van der Waals surface area (Å²) in [6, 6.07) is -3.96. The molecule has 0 aliphatic heterocycles. The number of aliphatic carboxylic acids is 2. The number of nitrogens with two attached hydrogens (primary N) is 2. The van der Waals surface area contributed by atoms with Crippen LogP contribution in [0, 0.1) is 0 Å². The number of H-pyrrole nitrogens is 1. The molecule has 1 rings (SSSR count). The normalized spacial score (nSPS) is 13.4. The molecule has 0 fully saturated rings. The average Bonchev–Trinajstić information content (AvgIpc) is 3.24. The number of hydrogen-bond acceptors (Lipinski definition) is 8. The molecule has 32 heavy (non-hydrogen) atoms. The van der Waals surface area contributed by atoms with Gasteiger partial charge in [-0.25, -0.2) is 9.78 Å². The van der Waals surface area contributed by atoms with E-state index in [4.69, 9.17) is 16.6 Å². The van der Waals surface area contributed by atoms with E-state index in [0.717, 1.165) is 0 Å². The molecule has 178 valence electrons. The van der Waals surface area contributed by atoms with Crippen LogP contribution in [0.5, 0.6) is 0 Å². The minimum atomic E-state index is -1.70. The van der Waals surface area contributed by atoms with Gasteiger partial charge in [0, 0.05) is 18.3 Å². The van der Waals surface area contributed by atoms with Gasteiger partial charge in [0.25, 0.3) is 0 Å². The summed E-state index contributed by atoms with van der Waals surface area (Å²) in [5.41, 5.74) is 11.2. The number of rotatable bonds is 15. The molecule has 1 aromatic rings. The van der Waals surface area contributed by atoms with Crippen LogP contribution in [0.25, 0.3) is 0 Å². The molecule has 1 heterocycles. The molecule has 3 unspecified atom stereocenters. The minimum Gasteiger partial charge on any atom is -0.481 e. The molecule has 0 saturated heterocycles. The van der Waals surface area contributed by atoms with Crippen LogP contribution in [0.2, 0.25) is 0 Å². The molecule has 0 aromatic carbocycles. The van der Waals surface area contributed by atoms with E-state index in [1.165, 1.54) is 12.5 Å². The second kappa shape index (κ2) is 13.7. The number of carbonyl (C=O) groups excluding carboxylic acids is 3. The Kier molecular flexibility index (Phi) is 11.4. The van der Waals surface area contributed by atoms with Gasteiger partial charge in [0.1, 0.15) is 18.1 Å². The number of aromatic nitrogens is 2. The Morgan fingerprint density at radius 1 is 0.969 bits per heavy atom. The van der Waals surface area contributed by atoms with Crippen molar-refractivity contribution in [1.29, 1.82) is 0 Å². The fourth-order valence-electron chi connectivity index (χ4n) is 2.76. The van der Waals surface area contributed by atoms with Crippen LogP contribution >= 0.6 is 0 Å². The number of carboxylic acid groups (broad SMARTS) is 2. The molecule has 14 heteroatoms. The highest BCUT2D eigenvalue weighted by molar-refractivity contribution is 5.94. The SMILES string of the molecule is NCCCCC(NC(=O)CN)C(=O)NC(Cc1cnc[nH]1)C(=O)NC(CC(=O)O)C(=O)O. The van der Waals surface area contributed by atoms with Crippen LogP contribution in [0.1, 0.15) is 31.4 Å². The van der Waals surface area contributed by atoms with Gasteiger partial charge in [-0.15, -0.1) is 0 Å². The highest BCUT2D eigenvalue weighted by Crippen LogP contribution is 2.05. The van der Waals surface area contributed by atoms with E-state index in [0.29, 0.717) is 25.1 Å². The lowest BCUT2D eigenvalue weighted by Crippen LogP contribution is -2.57. The maximum Gasteiger partial charge on any atom is 0.326 e. The number of nitrogens with zero attached hydrogens (tertiary/aromatic N) is 1. The lowest BCUT2D eigenvalue weighted by molar-refractivity contribution is -0.147. The first-order valence-corrected chi connectivity index (χ1v) is 9.90. The molecule has 14 nitrogen and oxygen atoms in total. The van der Waals surface area contributed by atoms with Crippen molar-refractivity contribution in [1.82, 2.24) is 25.9 Å². The Hall–Kier alpha value is -3.52. The summed E-state index contributed by atoms with van der Waals surface area (Å²) in [5.74, 6) is -5.13. The van der Waals surface area contributed by atoms with Crippen molar-refractivity contribution in [2.75, 3.05) is 13.1 Å². The Morgan fingerprint density at radius 3 is 2.16 bits per heavy atom. The van der Waals surface area contributed by atoms with Crippen LogP contribution < -0.4 is 27.4 Å². The van der Waals surface area contributed by atoms with E-state index in [-0.39, 0.29) is 19.4 Å². The van der Waals surface area contributed by atoms with Crippen molar-refractivity contribution >= 4 is 29.7 Å². The topological polar surface area (TPSA) is 243 Å². The van der Waals surface area contributed by atoms with Crippen LogP contribution in [0.3, 0.4) is 0 Å². The summed E-state index contributed by atoms with van der Waals surface area (Å²) in [6.45, 7) is 0.0540. The van der Waals surface area contributed by atoms with Gasteiger partial charge in [-0.1, -0.05) is 0 Å². The fraction of sp³-hybridized carbons (Fsp3) is 0.556.